The fourth-order valence-corrected chi connectivity index (χ4v) is 3.43. The minimum atomic E-state index is -0.148. The molecule has 26 heavy (non-hydrogen) atoms. The predicted octanol–water partition coefficient (Wildman–Crippen LogP) is 4.42. The lowest BCUT2D eigenvalue weighted by molar-refractivity contribution is 0.475. The van der Waals surface area contributed by atoms with E-state index in [2.05, 4.69) is 27.1 Å². The zero-order chi connectivity index (χ0) is 18.3. The third kappa shape index (κ3) is 2.47. The Hall–Kier alpha value is -3.41. The van der Waals surface area contributed by atoms with Crippen LogP contribution in [-0.2, 0) is 7.05 Å². The molecule has 0 fully saturated rings. The summed E-state index contributed by atoms with van der Waals surface area (Å²) in [7, 11) is 3.61. The smallest absolute Gasteiger partial charge is 0.162 e. The molecule has 4 rings (SSSR count). The number of aromatic hydroxyl groups is 1. The number of aryl methyl sites for hydroxylation is 1. The van der Waals surface area contributed by atoms with Gasteiger partial charge in [0.05, 0.1) is 6.04 Å². The molecule has 0 bridgehead atoms. The molecular weight excluding hydrogens is 326 g/mol. The van der Waals surface area contributed by atoms with Crippen LogP contribution >= 0.6 is 0 Å². The molecule has 0 spiro atoms. The van der Waals surface area contributed by atoms with E-state index in [0.29, 0.717) is 0 Å². The summed E-state index contributed by atoms with van der Waals surface area (Å²) < 4.78 is 1.96. The zero-order valence-electron chi connectivity index (χ0n) is 14.6. The van der Waals surface area contributed by atoms with E-state index < -0.39 is 0 Å². The number of pyridine rings is 1. The minimum absolute atomic E-state index is 0.148. The van der Waals surface area contributed by atoms with E-state index in [4.69, 9.17) is 0 Å². The molecule has 1 aliphatic heterocycles. The first-order chi connectivity index (χ1) is 12.6. The van der Waals surface area contributed by atoms with Crippen molar-refractivity contribution in [2.45, 2.75) is 6.04 Å². The first-order valence-corrected chi connectivity index (χ1v) is 8.29. The maximum atomic E-state index is 9.65. The van der Waals surface area contributed by atoms with Gasteiger partial charge in [0.15, 0.2) is 5.82 Å². The molecule has 2 aromatic heterocycles. The monoisotopic (exact) mass is 345 g/mol. The molecule has 6 heteroatoms. The number of azo groups is 1. The quantitative estimate of drug-likeness (QED) is 0.675. The molecule has 1 aromatic carbocycles. The topological polar surface area (TPSA) is 74.8 Å². The third-order valence-corrected chi connectivity index (χ3v) is 4.63. The van der Waals surface area contributed by atoms with Gasteiger partial charge in [0, 0.05) is 43.2 Å². The number of fused-ring (bicyclic) bond motifs is 2. The number of hydrogen-bond acceptors (Lipinski definition) is 5. The van der Waals surface area contributed by atoms with Crippen molar-refractivity contribution in [2.24, 2.45) is 17.3 Å². The van der Waals surface area contributed by atoms with Gasteiger partial charge < -0.3 is 15.0 Å². The molecule has 0 saturated heterocycles. The van der Waals surface area contributed by atoms with Crippen LogP contribution in [0.2, 0.25) is 0 Å². The summed E-state index contributed by atoms with van der Waals surface area (Å²) in [4.78, 5) is 4.50. The number of nitrogens with one attached hydrogen (secondary N) is 1. The van der Waals surface area contributed by atoms with Crippen molar-refractivity contribution < 1.29 is 5.11 Å². The molecule has 1 unspecified atom stereocenters. The van der Waals surface area contributed by atoms with Crippen molar-refractivity contribution in [1.29, 1.82) is 0 Å². The lowest BCUT2D eigenvalue weighted by atomic mass is 9.94. The van der Waals surface area contributed by atoms with Crippen molar-refractivity contribution in [2.75, 3.05) is 12.4 Å². The second-order valence-corrected chi connectivity index (χ2v) is 6.24. The van der Waals surface area contributed by atoms with Crippen LogP contribution in [0.4, 0.5) is 11.6 Å². The van der Waals surface area contributed by atoms with Gasteiger partial charge in [-0.2, -0.15) is 5.11 Å². The Morgan fingerprint density at radius 3 is 2.73 bits per heavy atom. The average molecular weight is 345 g/mol. The van der Waals surface area contributed by atoms with E-state index in [0.717, 1.165) is 39.5 Å². The molecular formula is C20H19N5O. The van der Waals surface area contributed by atoms with Gasteiger partial charge in [-0.25, -0.2) is 4.98 Å². The van der Waals surface area contributed by atoms with Crippen LogP contribution in [0.3, 0.4) is 0 Å². The number of hydrogen-bond donors (Lipinski definition) is 2. The molecule has 0 aliphatic carbocycles. The average Bonchev–Trinajstić information content (AvgIpc) is 2.91. The Morgan fingerprint density at radius 1 is 1.23 bits per heavy atom. The highest BCUT2D eigenvalue weighted by Crippen LogP contribution is 2.44. The van der Waals surface area contributed by atoms with E-state index in [1.807, 2.05) is 42.1 Å². The number of phenolic OH excluding ortho intramolecular Hbond substituents is 1. The molecule has 6 nitrogen and oxygen atoms in total. The Labute approximate surface area is 151 Å². The molecule has 130 valence electrons. The second-order valence-electron chi connectivity index (χ2n) is 6.24. The summed E-state index contributed by atoms with van der Waals surface area (Å²) in [5.41, 5.74) is 4.81. The maximum Gasteiger partial charge on any atom is 0.162 e. The van der Waals surface area contributed by atoms with Crippen molar-refractivity contribution >= 4 is 17.2 Å². The lowest BCUT2D eigenvalue weighted by Crippen LogP contribution is -2.12. The van der Waals surface area contributed by atoms with Gasteiger partial charge in [-0.3, -0.25) is 0 Å². The van der Waals surface area contributed by atoms with Gasteiger partial charge in [0.1, 0.15) is 11.6 Å². The van der Waals surface area contributed by atoms with Crippen LogP contribution in [0.25, 0.3) is 5.57 Å². The van der Waals surface area contributed by atoms with Crippen LogP contribution in [0.1, 0.15) is 28.3 Å². The summed E-state index contributed by atoms with van der Waals surface area (Å²) in [6.07, 6.45) is 3.80. The van der Waals surface area contributed by atoms with Gasteiger partial charge in [0.25, 0.3) is 0 Å². The van der Waals surface area contributed by atoms with E-state index in [9.17, 15) is 5.11 Å². The van der Waals surface area contributed by atoms with E-state index in [1.165, 1.54) is 0 Å². The predicted molar refractivity (Wildman–Crippen MR) is 102 cm³/mol. The maximum absolute atomic E-state index is 9.65. The third-order valence-electron chi connectivity index (χ3n) is 4.63. The van der Waals surface area contributed by atoms with Crippen LogP contribution in [0, 0.1) is 0 Å². The number of nitrogens with zero attached hydrogens (tertiary/aromatic N) is 4. The molecule has 0 saturated carbocycles. The summed E-state index contributed by atoms with van der Waals surface area (Å²) in [5.74, 6) is 1.77. The lowest BCUT2D eigenvalue weighted by Gasteiger charge is -2.18. The Bertz CT molecular complexity index is 1020. The highest BCUT2D eigenvalue weighted by molar-refractivity contribution is 5.91. The number of aromatic nitrogens is 2. The number of phenols is 1. The molecule has 1 atom stereocenters. The standard InChI is InChI=1S/C20H19N5O/c1-12-15-5-4-10-22-19(15)23-18(13-6-8-14(26)9-7-13)16-11-25(3)20(17(12)16)24-21-2/h4-11,18,26H,1H2,2-3H3,(H,22,23). The van der Waals surface area contributed by atoms with E-state index >= 15 is 0 Å². The van der Waals surface area contributed by atoms with Gasteiger partial charge in [-0.1, -0.05) is 18.7 Å². The zero-order valence-corrected chi connectivity index (χ0v) is 14.6. The number of rotatable bonds is 2. The number of anilines is 1. The van der Waals surface area contributed by atoms with Crippen molar-refractivity contribution in [3.63, 3.8) is 0 Å². The van der Waals surface area contributed by atoms with Crippen molar-refractivity contribution in [3.8, 4) is 5.75 Å². The normalized spacial score (nSPS) is 16.1. The fourth-order valence-electron chi connectivity index (χ4n) is 3.43. The molecule has 0 amide bonds. The SMILES string of the molecule is C=C1c2cccnc2NC(c2ccc(O)cc2)c2cn(C)c(N=NC)c21. The van der Waals surface area contributed by atoms with E-state index in [1.54, 1.807) is 25.4 Å². The van der Waals surface area contributed by atoms with Crippen LogP contribution in [-0.4, -0.2) is 21.7 Å². The molecule has 0 radical (unpaired) electrons. The van der Waals surface area contributed by atoms with Crippen molar-refractivity contribution in [1.82, 2.24) is 9.55 Å². The van der Waals surface area contributed by atoms with Crippen molar-refractivity contribution in [3.05, 3.63) is 77.6 Å². The molecule has 2 N–H and O–H groups in total. The highest BCUT2D eigenvalue weighted by Gasteiger charge is 2.30. The minimum Gasteiger partial charge on any atom is -0.508 e. The second kappa shape index (κ2) is 6.15. The Balaban J connectivity index is 2.00. The summed E-state index contributed by atoms with van der Waals surface area (Å²) in [6.45, 7) is 4.32. The van der Waals surface area contributed by atoms with Gasteiger partial charge in [-0.05, 0) is 35.4 Å². The summed E-state index contributed by atoms with van der Waals surface area (Å²) in [6, 6.07) is 10.9. The van der Waals surface area contributed by atoms with Gasteiger partial charge in [0.2, 0.25) is 0 Å². The van der Waals surface area contributed by atoms with Crippen LogP contribution < -0.4 is 5.32 Å². The largest absolute Gasteiger partial charge is 0.508 e. The first-order valence-electron chi connectivity index (χ1n) is 8.29. The van der Waals surface area contributed by atoms with Crippen LogP contribution in [0.15, 0.2) is 65.6 Å². The molecule has 3 aromatic rings. The Morgan fingerprint density at radius 2 is 2.00 bits per heavy atom. The van der Waals surface area contributed by atoms with Gasteiger partial charge in [-0.15, -0.1) is 5.11 Å². The highest BCUT2D eigenvalue weighted by atomic mass is 16.3. The number of benzene rings is 1. The van der Waals surface area contributed by atoms with E-state index in [-0.39, 0.29) is 11.8 Å². The first kappa shape index (κ1) is 16.1. The molecule has 3 heterocycles. The fraction of sp³-hybridized carbons (Fsp3) is 0.150. The Kier molecular flexibility index (Phi) is 3.80. The summed E-state index contributed by atoms with van der Waals surface area (Å²) >= 11 is 0. The van der Waals surface area contributed by atoms with Crippen LogP contribution in [0.5, 0.6) is 5.75 Å². The molecule has 1 aliphatic rings. The summed E-state index contributed by atoms with van der Waals surface area (Å²) in [5, 5.41) is 21.5. The van der Waals surface area contributed by atoms with Gasteiger partial charge >= 0.3 is 0 Å².